The number of carbonyl (C=O) groups is 2. The normalized spacial score (nSPS) is 21.7. The van der Waals surface area contributed by atoms with Crippen LogP contribution in [0.15, 0.2) is 48.6 Å². The van der Waals surface area contributed by atoms with Crippen LogP contribution in [0.5, 0.6) is 0 Å². The highest BCUT2D eigenvalue weighted by atomic mass is 31.2. The van der Waals surface area contributed by atoms with Crippen molar-refractivity contribution in [3.8, 4) is 0 Å². The smallest absolute Gasteiger partial charge is 0.462 e. The van der Waals surface area contributed by atoms with Gasteiger partial charge in [-0.2, -0.15) is 0 Å². The van der Waals surface area contributed by atoms with Crippen LogP contribution in [0.3, 0.4) is 0 Å². The van der Waals surface area contributed by atoms with Crippen LogP contribution in [0.2, 0.25) is 0 Å². The molecule has 1 saturated carbocycles. The summed E-state index contributed by atoms with van der Waals surface area (Å²) in [5.74, 6) is -1.31. The van der Waals surface area contributed by atoms with E-state index in [0.717, 1.165) is 89.9 Å². The molecular formula is C47H85O19P3. The minimum atomic E-state index is -5.60. The molecule has 0 amide bonds. The van der Waals surface area contributed by atoms with Gasteiger partial charge < -0.3 is 49.3 Å². The Balaban J connectivity index is 2.71. The third-order valence-corrected chi connectivity index (χ3v) is 13.2. The summed E-state index contributed by atoms with van der Waals surface area (Å²) in [6.07, 6.45) is 25.5. The molecule has 0 heterocycles. The molecule has 402 valence electrons. The van der Waals surface area contributed by atoms with Gasteiger partial charge in [0.1, 0.15) is 43.2 Å². The molecule has 8 atom stereocenters. The number of aliphatic hydroxyl groups excluding tert-OH is 3. The number of hydrogen-bond acceptors (Lipinski definition) is 14. The third-order valence-electron chi connectivity index (χ3n) is 11.2. The Hall–Kier alpha value is -1.89. The first-order valence-electron chi connectivity index (χ1n) is 24.9. The standard InChI is InChI=1S/C47H85O19P3/c1-3-5-7-9-11-13-15-17-18-19-20-21-22-24-26-28-30-32-34-36-41(49)63-39(37-61-40(48)35-33-31-29-27-25-23-16-14-12-10-8-6-4-2)38-62-69(59,60)66-45-42(50)43(51)46(64-67(53,54)55)47(44(45)52)65-68(56,57)58/h5,7,11,13,17-18,20-21,39,42-47,50-52H,3-4,6,8-10,12,14-16,19,22-38H2,1-2H3,(H,59,60)(H2,53,54,55)(H2,56,57,58)/t39-,42?,43?,44?,45+,46?,47+/m1/s1. The number of phosphoric ester groups is 3. The number of aliphatic hydroxyl groups is 3. The average Bonchev–Trinajstić information content (AvgIpc) is 3.28. The van der Waals surface area contributed by atoms with Crippen LogP contribution in [0.25, 0.3) is 0 Å². The van der Waals surface area contributed by atoms with Gasteiger partial charge in [-0.3, -0.25) is 27.7 Å². The fraction of sp³-hybridized carbons (Fsp3) is 0.787. The largest absolute Gasteiger partial charge is 0.472 e. The summed E-state index contributed by atoms with van der Waals surface area (Å²) in [6, 6.07) is 0. The molecule has 22 heteroatoms. The van der Waals surface area contributed by atoms with Gasteiger partial charge in [0, 0.05) is 12.8 Å². The van der Waals surface area contributed by atoms with Crippen molar-refractivity contribution < 1.29 is 90.6 Å². The quantitative estimate of drug-likeness (QED) is 0.0122. The van der Waals surface area contributed by atoms with Gasteiger partial charge in [0.2, 0.25) is 0 Å². The summed E-state index contributed by atoms with van der Waals surface area (Å²) in [4.78, 5) is 73.3. The molecule has 0 spiro atoms. The van der Waals surface area contributed by atoms with Gasteiger partial charge in [-0.25, -0.2) is 13.7 Å². The summed E-state index contributed by atoms with van der Waals surface area (Å²) in [6.45, 7) is 2.83. The maximum absolute atomic E-state index is 13.1. The number of unbranched alkanes of at least 4 members (excludes halogenated alkanes) is 18. The molecule has 19 nitrogen and oxygen atoms in total. The van der Waals surface area contributed by atoms with Gasteiger partial charge in [0.05, 0.1) is 6.61 Å². The van der Waals surface area contributed by atoms with Crippen molar-refractivity contribution in [2.45, 2.75) is 224 Å². The number of hydrogen-bond donors (Lipinski definition) is 8. The summed E-state index contributed by atoms with van der Waals surface area (Å²) in [7, 11) is -16.6. The van der Waals surface area contributed by atoms with E-state index in [2.05, 4.69) is 71.5 Å². The van der Waals surface area contributed by atoms with Crippen molar-refractivity contribution in [1.29, 1.82) is 0 Å². The Bertz CT molecular complexity index is 1630. The maximum atomic E-state index is 13.1. The molecule has 0 saturated heterocycles. The fourth-order valence-corrected chi connectivity index (χ4v) is 9.55. The fourth-order valence-electron chi connectivity index (χ4n) is 7.46. The van der Waals surface area contributed by atoms with Gasteiger partial charge in [0.15, 0.2) is 6.10 Å². The Morgan fingerprint density at radius 1 is 0.478 bits per heavy atom. The lowest BCUT2D eigenvalue weighted by molar-refractivity contribution is -0.213. The number of carbonyl (C=O) groups excluding carboxylic acids is 2. The molecule has 8 N–H and O–H groups in total. The zero-order chi connectivity index (χ0) is 51.4. The van der Waals surface area contributed by atoms with Crippen LogP contribution in [-0.2, 0) is 50.9 Å². The van der Waals surface area contributed by atoms with E-state index in [4.69, 9.17) is 18.5 Å². The zero-order valence-corrected chi connectivity index (χ0v) is 43.6. The first-order chi connectivity index (χ1) is 32.8. The van der Waals surface area contributed by atoms with E-state index in [1.165, 1.54) is 51.4 Å². The SMILES string of the molecule is CCC=CCC=CCC=CCC=CCCCCCCCCC(=O)O[C@H](COC(=O)CCCCCCCCCCCCCCC)COP(=O)(O)O[C@H]1C(O)C(O)C(OP(=O)(O)O)[C@@H](OP(=O)(O)O)C1O. The molecule has 0 radical (unpaired) electrons. The van der Waals surface area contributed by atoms with E-state index in [1.54, 1.807) is 0 Å². The van der Waals surface area contributed by atoms with Gasteiger partial charge >= 0.3 is 35.4 Å². The predicted octanol–water partition coefficient (Wildman–Crippen LogP) is 9.40. The van der Waals surface area contributed by atoms with E-state index in [-0.39, 0.29) is 12.8 Å². The van der Waals surface area contributed by atoms with E-state index in [9.17, 15) is 63.1 Å². The van der Waals surface area contributed by atoms with E-state index in [0.29, 0.717) is 12.8 Å². The second-order valence-corrected chi connectivity index (χ2v) is 21.2. The lowest BCUT2D eigenvalue weighted by Gasteiger charge is -2.44. The first-order valence-corrected chi connectivity index (χ1v) is 29.5. The van der Waals surface area contributed by atoms with Crippen LogP contribution < -0.4 is 0 Å². The summed E-state index contributed by atoms with van der Waals surface area (Å²) in [5, 5.41) is 31.9. The minimum Gasteiger partial charge on any atom is -0.462 e. The Labute approximate surface area is 410 Å². The molecule has 1 aliphatic rings. The molecule has 1 rings (SSSR count). The maximum Gasteiger partial charge on any atom is 0.472 e. The van der Waals surface area contributed by atoms with Crippen molar-refractivity contribution in [2.75, 3.05) is 13.2 Å². The lowest BCUT2D eigenvalue weighted by Crippen LogP contribution is -2.65. The minimum absolute atomic E-state index is 0.0181. The number of phosphoric acid groups is 3. The summed E-state index contributed by atoms with van der Waals surface area (Å²) >= 11 is 0. The molecule has 69 heavy (non-hydrogen) atoms. The van der Waals surface area contributed by atoms with Gasteiger partial charge in [-0.1, -0.05) is 165 Å². The highest BCUT2D eigenvalue weighted by Gasteiger charge is 2.56. The van der Waals surface area contributed by atoms with Crippen LogP contribution in [-0.4, -0.2) is 108 Å². The number of esters is 2. The molecule has 1 fully saturated rings. The number of rotatable bonds is 42. The summed E-state index contributed by atoms with van der Waals surface area (Å²) < 4.78 is 65.5. The van der Waals surface area contributed by atoms with Crippen molar-refractivity contribution in [3.63, 3.8) is 0 Å². The lowest BCUT2D eigenvalue weighted by atomic mass is 9.85. The molecule has 0 aliphatic heterocycles. The topological polar surface area (TPSA) is 303 Å². The monoisotopic (exact) mass is 1050 g/mol. The van der Waals surface area contributed by atoms with Crippen molar-refractivity contribution in [3.05, 3.63) is 48.6 Å². The van der Waals surface area contributed by atoms with Crippen molar-refractivity contribution in [1.82, 2.24) is 0 Å². The van der Waals surface area contributed by atoms with Crippen LogP contribution in [0.4, 0.5) is 0 Å². The van der Waals surface area contributed by atoms with Gasteiger partial charge in [-0.05, 0) is 51.4 Å². The second kappa shape index (κ2) is 38.7. The highest BCUT2D eigenvalue weighted by Crippen LogP contribution is 2.51. The van der Waals surface area contributed by atoms with Gasteiger partial charge in [-0.15, -0.1) is 0 Å². The summed E-state index contributed by atoms with van der Waals surface area (Å²) in [5.41, 5.74) is 0. The Morgan fingerprint density at radius 3 is 1.36 bits per heavy atom. The van der Waals surface area contributed by atoms with E-state index >= 15 is 0 Å². The molecule has 5 unspecified atom stereocenters. The molecule has 0 aromatic carbocycles. The van der Waals surface area contributed by atoms with E-state index in [1.807, 2.05) is 0 Å². The van der Waals surface area contributed by atoms with Crippen LogP contribution >= 0.6 is 23.5 Å². The Kier molecular flexibility index (Phi) is 36.5. The molecule has 0 aromatic heterocycles. The van der Waals surface area contributed by atoms with Crippen molar-refractivity contribution >= 4 is 35.4 Å². The number of ether oxygens (including phenoxy) is 2. The predicted molar refractivity (Wildman–Crippen MR) is 261 cm³/mol. The molecule has 0 aromatic rings. The molecule has 1 aliphatic carbocycles. The third kappa shape index (κ3) is 35.0. The second-order valence-electron chi connectivity index (χ2n) is 17.4. The van der Waals surface area contributed by atoms with Gasteiger partial charge in [0.25, 0.3) is 0 Å². The number of allylic oxidation sites excluding steroid dienone is 8. The molecule has 0 bridgehead atoms. The Morgan fingerprint density at radius 2 is 0.884 bits per heavy atom. The van der Waals surface area contributed by atoms with E-state index < -0.39 is 91.3 Å². The average molecular weight is 1050 g/mol. The van der Waals surface area contributed by atoms with Crippen LogP contribution in [0.1, 0.15) is 181 Å². The molecular weight excluding hydrogens is 961 g/mol. The van der Waals surface area contributed by atoms with Crippen LogP contribution in [0, 0.1) is 0 Å². The van der Waals surface area contributed by atoms with Crippen molar-refractivity contribution in [2.24, 2.45) is 0 Å². The first kappa shape index (κ1) is 65.1. The highest BCUT2D eigenvalue weighted by molar-refractivity contribution is 7.47. The zero-order valence-electron chi connectivity index (χ0n) is 40.9.